The molecule has 5 nitrogen and oxygen atoms in total. The summed E-state index contributed by atoms with van der Waals surface area (Å²) in [7, 11) is 0. The molecular formula is C6H9NO4. The minimum absolute atomic E-state index is 0.0771. The molecule has 0 saturated carbocycles. The van der Waals surface area contributed by atoms with E-state index < -0.39 is 12.1 Å². The van der Waals surface area contributed by atoms with Crippen molar-refractivity contribution in [3.05, 3.63) is 0 Å². The monoisotopic (exact) mass is 159 g/mol. The second-order valence-electron chi connectivity index (χ2n) is 2.52. The van der Waals surface area contributed by atoms with Crippen LogP contribution in [0.3, 0.4) is 0 Å². The van der Waals surface area contributed by atoms with E-state index in [4.69, 9.17) is 10.2 Å². The van der Waals surface area contributed by atoms with Gasteiger partial charge in [-0.25, -0.2) is 4.79 Å². The van der Waals surface area contributed by atoms with E-state index in [1.807, 2.05) is 0 Å². The number of hydrogen-bond acceptors (Lipinski definition) is 2. The Morgan fingerprint density at radius 1 is 1.45 bits per heavy atom. The van der Waals surface area contributed by atoms with Gasteiger partial charge in [0.2, 0.25) is 0 Å². The van der Waals surface area contributed by atoms with Gasteiger partial charge in [-0.1, -0.05) is 0 Å². The lowest BCUT2D eigenvalue weighted by Gasteiger charge is -2.37. The van der Waals surface area contributed by atoms with E-state index in [9.17, 15) is 9.59 Å². The number of amides is 1. The SMILES string of the molecule is O=C(O)C[C@@H]1CCN1C(=O)O. The smallest absolute Gasteiger partial charge is 0.407 e. The van der Waals surface area contributed by atoms with Crippen LogP contribution in [0, 0.1) is 0 Å². The highest BCUT2D eigenvalue weighted by Gasteiger charge is 2.33. The maximum absolute atomic E-state index is 10.3. The Morgan fingerprint density at radius 3 is 2.36 bits per heavy atom. The summed E-state index contributed by atoms with van der Waals surface area (Å²) in [5.74, 6) is -0.944. The molecule has 0 aromatic carbocycles. The first-order chi connectivity index (χ1) is 5.11. The van der Waals surface area contributed by atoms with Crippen molar-refractivity contribution in [2.24, 2.45) is 0 Å². The van der Waals surface area contributed by atoms with Crippen molar-refractivity contribution in [2.75, 3.05) is 6.54 Å². The summed E-state index contributed by atoms with van der Waals surface area (Å²) in [6.45, 7) is 0.466. The van der Waals surface area contributed by atoms with Crippen LogP contribution in [0.2, 0.25) is 0 Å². The topological polar surface area (TPSA) is 77.8 Å². The molecule has 0 aromatic rings. The van der Waals surface area contributed by atoms with E-state index in [0.29, 0.717) is 13.0 Å². The van der Waals surface area contributed by atoms with Crippen molar-refractivity contribution in [1.29, 1.82) is 0 Å². The molecule has 1 fully saturated rings. The molecular weight excluding hydrogens is 150 g/mol. The fourth-order valence-electron chi connectivity index (χ4n) is 1.11. The lowest BCUT2D eigenvalue weighted by molar-refractivity contribution is -0.139. The lowest BCUT2D eigenvalue weighted by Crippen LogP contribution is -2.51. The lowest BCUT2D eigenvalue weighted by atomic mass is 10.0. The number of carboxylic acids is 1. The van der Waals surface area contributed by atoms with Crippen LogP contribution < -0.4 is 0 Å². The third kappa shape index (κ3) is 1.60. The van der Waals surface area contributed by atoms with Crippen LogP contribution in [-0.2, 0) is 4.79 Å². The molecule has 1 atom stereocenters. The first kappa shape index (κ1) is 7.84. The zero-order chi connectivity index (χ0) is 8.43. The summed E-state index contributed by atoms with van der Waals surface area (Å²) < 4.78 is 0. The summed E-state index contributed by atoms with van der Waals surface area (Å²) in [4.78, 5) is 21.6. The van der Waals surface area contributed by atoms with Gasteiger partial charge in [0.05, 0.1) is 6.42 Å². The van der Waals surface area contributed by atoms with Crippen LogP contribution in [0.1, 0.15) is 12.8 Å². The summed E-state index contributed by atoms with van der Waals surface area (Å²) in [5.41, 5.74) is 0. The number of carbonyl (C=O) groups is 2. The van der Waals surface area contributed by atoms with Crippen LogP contribution >= 0.6 is 0 Å². The van der Waals surface area contributed by atoms with Gasteiger partial charge in [-0.15, -0.1) is 0 Å². The fraction of sp³-hybridized carbons (Fsp3) is 0.667. The molecule has 5 heteroatoms. The third-order valence-electron chi connectivity index (χ3n) is 1.80. The number of likely N-dealkylation sites (tertiary alicyclic amines) is 1. The van der Waals surface area contributed by atoms with Crippen LogP contribution in [0.15, 0.2) is 0 Å². The number of rotatable bonds is 2. The Bertz CT molecular complexity index is 191. The average molecular weight is 159 g/mol. The Labute approximate surface area is 63.2 Å². The molecule has 1 heterocycles. The summed E-state index contributed by atoms with van der Waals surface area (Å²) >= 11 is 0. The third-order valence-corrected chi connectivity index (χ3v) is 1.80. The highest BCUT2D eigenvalue weighted by atomic mass is 16.4. The standard InChI is InChI=1S/C6H9NO4/c8-5(9)3-4-1-2-7(4)6(10)11/h4H,1-3H2,(H,8,9)(H,10,11)/t4-/m0/s1. The van der Waals surface area contributed by atoms with Crippen LogP contribution in [0.5, 0.6) is 0 Å². The first-order valence-corrected chi connectivity index (χ1v) is 3.32. The highest BCUT2D eigenvalue weighted by Crippen LogP contribution is 2.19. The van der Waals surface area contributed by atoms with Gasteiger partial charge in [-0.05, 0) is 6.42 Å². The van der Waals surface area contributed by atoms with Gasteiger partial charge in [0.25, 0.3) is 0 Å². The minimum atomic E-state index is -1.03. The Morgan fingerprint density at radius 2 is 2.09 bits per heavy atom. The van der Waals surface area contributed by atoms with Crippen molar-refractivity contribution in [3.63, 3.8) is 0 Å². The van der Waals surface area contributed by atoms with Crippen LogP contribution in [-0.4, -0.2) is 39.8 Å². The predicted octanol–water partition coefficient (Wildman–Crippen LogP) is 0.213. The largest absolute Gasteiger partial charge is 0.481 e. The minimum Gasteiger partial charge on any atom is -0.481 e. The van der Waals surface area contributed by atoms with Gasteiger partial charge in [0, 0.05) is 12.6 Å². The Balaban J connectivity index is 2.37. The van der Waals surface area contributed by atoms with E-state index >= 15 is 0 Å². The van der Waals surface area contributed by atoms with E-state index in [2.05, 4.69) is 0 Å². The normalized spacial score (nSPS) is 22.5. The van der Waals surface area contributed by atoms with Crippen molar-refractivity contribution in [3.8, 4) is 0 Å². The van der Waals surface area contributed by atoms with E-state index in [1.165, 1.54) is 0 Å². The zero-order valence-electron chi connectivity index (χ0n) is 5.86. The molecule has 0 radical (unpaired) electrons. The molecule has 0 bridgehead atoms. The molecule has 1 rings (SSSR count). The van der Waals surface area contributed by atoms with Crippen molar-refractivity contribution < 1.29 is 19.8 Å². The second-order valence-corrected chi connectivity index (χ2v) is 2.52. The summed E-state index contributed by atoms with van der Waals surface area (Å²) in [5, 5.41) is 16.8. The van der Waals surface area contributed by atoms with Gasteiger partial charge in [-0.2, -0.15) is 0 Å². The van der Waals surface area contributed by atoms with Crippen molar-refractivity contribution in [1.82, 2.24) is 4.90 Å². The fourth-order valence-corrected chi connectivity index (χ4v) is 1.11. The maximum atomic E-state index is 10.3. The number of carboxylic acid groups (broad SMARTS) is 2. The molecule has 0 aromatic heterocycles. The van der Waals surface area contributed by atoms with Crippen LogP contribution in [0.25, 0.3) is 0 Å². The molecule has 1 saturated heterocycles. The molecule has 2 N–H and O–H groups in total. The van der Waals surface area contributed by atoms with Gasteiger partial charge < -0.3 is 15.1 Å². The first-order valence-electron chi connectivity index (χ1n) is 3.32. The summed E-state index contributed by atoms with van der Waals surface area (Å²) in [6.07, 6.45) is -0.437. The van der Waals surface area contributed by atoms with Gasteiger partial charge in [0.1, 0.15) is 0 Å². The number of nitrogens with zero attached hydrogens (tertiary/aromatic N) is 1. The molecule has 1 aliphatic rings. The predicted molar refractivity (Wildman–Crippen MR) is 35.4 cm³/mol. The molecule has 0 spiro atoms. The molecule has 0 unspecified atom stereocenters. The van der Waals surface area contributed by atoms with E-state index in [-0.39, 0.29) is 12.5 Å². The number of aliphatic carboxylic acids is 1. The highest BCUT2D eigenvalue weighted by molar-refractivity contribution is 5.71. The molecule has 62 valence electrons. The summed E-state index contributed by atoms with van der Waals surface area (Å²) in [6, 6.07) is -0.301. The average Bonchev–Trinajstić information content (AvgIpc) is 1.78. The van der Waals surface area contributed by atoms with Crippen molar-refractivity contribution in [2.45, 2.75) is 18.9 Å². The van der Waals surface area contributed by atoms with Crippen molar-refractivity contribution >= 4 is 12.1 Å². The van der Waals surface area contributed by atoms with Gasteiger partial charge >= 0.3 is 12.1 Å². The molecule has 1 amide bonds. The number of hydrogen-bond donors (Lipinski definition) is 2. The van der Waals surface area contributed by atoms with Gasteiger partial charge in [-0.3, -0.25) is 4.79 Å². The Kier molecular flexibility index (Phi) is 1.98. The van der Waals surface area contributed by atoms with Crippen LogP contribution in [0.4, 0.5) is 4.79 Å². The quantitative estimate of drug-likeness (QED) is 0.603. The zero-order valence-corrected chi connectivity index (χ0v) is 5.86. The van der Waals surface area contributed by atoms with Gasteiger partial charge in [0.15, 0.2) is 0 Å². The molecule has 11 heavy (non-hydrogen) atoms. The second kappa shape index (κ2) is 2.77. The maximum Gasteiger partial charge on any atom is 0.407 e. The molecule has 0 aliphatic carbocycles. The molecule has 1 aliphatic heterocycles. The van der Waals surface area contributed by atoms with E-state index in [0.717, 1.165) is 4.90 Å². The Hall–Kier alpha value is -1.26. The van der Waals surface area contributed by atoms with E-state index in [1.54, 1.807) is 0 Å².